The molecule has 0 saturated heterocycles. The van der Waals surface area contributed by atoms with Gasteiger partial charge in [-0.15, -0.1) is 10.3 Å². The fraction of sp³-hybridized carbons (Fsp3) is 0.909. The fourth-order valence-corrected chi connectivity index (χ4v) is 5.27. The second-order valence-electron chi connectivity index (χ2n) is 5.89. The molecule has 0 fully saturated rings. The molecule has 0 N–H and O–H groups in total. The van der Waals surface area contributed by atoms with Gasteiger partial charge >= 0.3 is 33.4 Å². The lowest BCUT2D eigenvalue weighted by Gasteiger charge is -2.36. The molecule has 0 aliphatic heterocycles. The Bertz CT molecular complexity index is 639. The zero-order chi connectivity index (χ0) is 21.6. The van der Waals surface area contributed by atoms with E-state index in [0.717, 1.165) is 12.5 Å². The van der Waals surface area contributed by atoms with Crippen molar-refractivity contribution in [1.82, 2.24) is 0 Å². The Balaban J connectivity index is 5.94. The maximum absolute atomic E-state index is 13.5. The van der Waals surface area contributed by atoms with E-state index in [0.29, 0.717) is 0 Å². The number of halogens is 9. The van der Waals surface area contributed by atoms with Crippen LogP contribution in [-0.4, -0.2) is 55.7 Å². The molecule has 0 unspecified atom stereocenters. The third-order valence-electron chi connectivity index (χ3n) is 2.84. The lowest BCUT2D eigenvalue weighted by Crippen LogP contribution is -2.63. The van der Waals surface area contributed by atoms with Gasteiger partial charge < -0.3 is 0 Å². The highest BCUT2D eigenvalue weighted by Gasteiger charge is 2.86. The molecule has 0 bridgehead atoms. The maximum atomic E-state index is 13.5. The molecule has 0 rings (SSSR count). The minimum Gasteiger partial charge on any atom is -0.298 e. The quantitative estimate of drug-likeness (QED) is 0.530. The molecule has 0 amide bonds. The first-order valence-corrected chi connectivity index (χ1v) is 10.4. The van der Waals surface area contributed by atoms with E-state index in [1.54, 1.807) is 0 Å². The first-order valence-electron chi connectivity index (χ1n) is 6.43. The van der Waals surface area contributed by atoms with Crippen molar-refractivity contribution in [3.63, 3.8) is 0 Å². The summed E-state index contributed by atoms with van der Waals surface area (Å²) in [7, 11) is -10.4. The van der Waals surface area contributed by atoms with Crippen molar-refractivity contribution < 1.29 is 56.4 Å². The molecular weight excluding hydrogens is 431 g/mol. The van der Waals surface area contributed by atoms with Crippen molar-refractivity contribution in [2.75, 3.05) is 18.3 Å². The summed E-state index contributed by atoms with van der Waals surface area (Å²) in [5, 5.41) is -6.93. The van der Waals surface area contributed by atoms with E-state index in [1.165, 1.54) is 13.8 Å². The van der Waals surface area contributed by atoms with Gasteiger partial charge in [0, 0.05) is 5.92 Å². The highest BCUT2D eigenvalue weighted by atomic mass is 32.3. The number of alkyl halides is 9. The largest absolute Gasteiger partial charge is 0.460 e. The summed E-state index contributed by atoms with van der Waals surface area (Å²) in [6.45, 7) is 2.66. The van der Waals surface area contributed by atoms with Crippen molar-refractivity contribution in [2.45, 2.75) is 37.1 Å². The Hall–Kier alpha value is -0.700. The van der Waals surface area contributed by atoms with E-state index in [-0.39, 0.29) is 0 Å². The van der Waals surface area contributed by atoms with Gasteiger partial charge in [-0.25, -0.2) is 3.63 Å². The molecule has 0 atom stereocenters. The Morgan fingerprint density at radius 2 is 1.27 bits per heavy atom. The zero-order valence-corrected chi connectivity index (χ0v) is 15.3. The Morgan fingerprint density at radius 3 is 1.58 bits per heavy atom. The lowest BCUT2D eigenvalue weighted by molar-refractivity contribution is -0.382. The summed E-state index contributed by atoms with van der Waals surface area (Å²) in [5.41, 5.74) is 0. The highest BCUT2D eigenvalue weighted by molar-refractivity contribution is 8.32. The topological polar surface area (TPSA) is 60.4 Å². The number of Topliss-reactive ketones (excluding diaryl/α,β-unsaturated/α-hetero) is 1. The number of rotatable bonds is 8. The van der Waals surface area contributed by atoms with E-state index < -0.39 is 61.2 Å². The summed E-state index contributed by atoms with van der Waals surface area (Å²) in [4.78, 5) is 11.5. The van der Waals surface area contributed by atoms with Crippen molar-refractivity contribution in [1.29, 1.82) is 0 Å². The van der Waals surface area contributed by atoms with Gasteiger partial charge in [-0.2, -0.15) is 47.9 Å². The van der Waals surface area contributed by atoms with E-state index >= 15 is 0 Å². The van der Waals surface area contributed by atoms with Gasteiger partial charge in [0.25, 0.3) is 0 Å². The summed E-state index contributed by atoms with van der Waals surface area (Å²) in [6.07, 6.45) is -5.63. The molecule has 0 aliphatic rings. The molecular formula is C11H15F9O4S2. The van der Waals surface area contributed by atoms with E-state index in [2.05, 4.69) is 3.63 Å². The Kier molecular flexibility index (Phi) is 6.85. The van der Waals surface area contributed by atoms with Gasteiger partial charge in [-0.05, 0) is 12.5 Å². The molecule has 0 saturated carbocycles. The van der Waals surface area contributed by atoms with E-state index in [1.807, 2.05) is 0 Å². The zero-order valence-electron chi connectivity index (χ0n) is 13.6. The molecule has 0 aromatic heterocycles. The Labute approximate surface area is 144 Å². The number of hydrogen-bond acceptors (Lipinski definition) is 4. The second-order valence-corrected chi connectivity index (χ2v) is 11.0. The van der Waals surface area contributed by atoms with Crippen molar-refractivity contribution in [3.8, 4) is 0 Å². The van der Waals surface area contributed by atoms with Gasteiger partial charge in [-0.1, -0.05) is 13.8 Å². The average molecular weight is 446 g/mol. The average Bonchev–Trinajstić information content (AvgIpc) is 2.34. The van der Waals surface area contributed by atoms with Crippen molar-refractivity contribution in [2.24, 2.45) is 5.92 Å². The standard InChI is InChI=1S/C11H15F9O4S2/c1-6(2)7(21)5-25(3,4)24-26(22,23)11(19,20)9(14,15)8(12,13)10(16,17)18/h6H,5H2,1-4H3. The van der Waals surface area contributed by atoms with Gasteiger partial charge in [0.1, 0.15) is 5.78 Å². The third-order valence-corrected chi connectivity index (χ3v) is 6.89. The van der Waals surface area contributed by atoms with Crippen LogP contribution in [0.3, 0.4) is 0 Å². The van der Waals surface area contributed by atoms with E-state index in [9.17, 15) is 52.7 Å². The minimum absolute atomic E-state index is 0.726. The summed E-state index contributed by atoms with van der Waals surface area (Å²) < 4.78 is 142. The molecule has 0 aliphatic carbocycles. The molecule has 4 nitrogen and oxygen atoms in total. The highest BCUT2D eigenvalue weighted by Crippen LogP contribution is 2.57. The van der Waals surface area contributed by atoms with Crippen LogP contribution < -0.4 is 0 Å². The van der Waals surface area contributed by atoms with Crippen LogP contribution in [0, 0.1) is 5.92 Å². The first kappa shape index (κ1) is 25.3. The first-order chi connectivity index (χ1) is 11.0. The second kappa shape index (κ2) is 7.04. The van der Waals surface area contributed by atoms with Crippen molar-refractivity contribution >= 4 is 26.2 Å². The lowest BCUT2D eigenvalue weighted by atomic mass is 10.1. The van der Waals surface area contributed by atoms with Crippen LogP contribution in [0.2, 0.25) is 0 Å². The molecule has 0 aromatic rings. The monoisotopic (exact) mass is 446 g/mol. The van der Waals surface area contributed by atoms with Gasteiger partial charge in [0.15, 0.2) is 0 Å². The van der Waals surface area contributed by atoms with Crippen LogP contribution in [0.4, 0.5) is 39.5 Å². The maximum Gasteiger partial charge on any atom is 0.460 e. The molecule has 0 aromatic carbocycles. The number of ketones is 1. The fourth-order valence-electron chi connectivity index (χ4n) is 1.34. The summed E-state index contributed by atoms with van der Waals surface area (Å²) in [5.74, 6) is -17.0. The smallest absolute Gasteiger partial charge is 0.298 e. The van der Waals surface area contributed by atoms with Crippen LogP contribution in [0.1, 0.15) is 13.8 Å². The predicted molar refractivity (Wildman–Crippen MR) is 75.1 cm³/mol. The van der Waals surface area contributed by atoms with E-state index in [4.69, 9.17) is 0 Å². The number of carbonyl (C=O) groups is 1. The number of hydrogen-bond donors (Lipinski definition) is 0. The normalized spacial score (nSPS) is 16.1. The van der Waals surface area contributed by atoms with Crippen LogP contribution in [0.25, 0.3) is 0 Å². The number of carbonyl (C=O) groups excluding carboxylic acids is 1. The van der Waals surface area contributed by atoms with Gasteiger partial charge in [-0.3, -0.25) is 4.79 Å². The molecule has 0 spiro atoms. The Morgan fingerprint density at radius 1 is 0.885 bits per heavy atom. The predicted octanol–water partition coefficient (Wildman–Crippen LogP) is 3.96. The third kappa shape index (κ3) is 4.58. The van der Waals surface area contributed by atoms with Crippen LogP contribution in [0.15, 0.2) is 0 Å². The van der Waals surface area contributed by atoms with Crippen LogP contribution in [-0.2, 0) is 18.5 Å². The van der Waals surface area contributed by atoms with Gasteiger partial charge in [0.2, 0.25) is 0 Å². The summed E-state index contributed by atoms with van der Waals surface area (Å²) in [6, 6.07) is 0. The van der Waals surface area contributed by atoms with Crippen molar-refractivity contribution in [3.05, 3.63) is 0 Å². The summed E-state index contributed by atoms with van der Waals surface area (Å²) >= 11 is 0. The van der Waals surface area contributed by atoms with Crippen LogP contribution in [0.5, 0.6) is 0 Å². The molecule has 15 heteroatoms. The van der Waals surface area contributed by atoms with Gasteiger partial charge in [0.05, 0.1) is 5.75 Å². The van der Waals surface area contributed by atoms with Crippen LogP contribution >= 0.6 is 10.3 Å². The molecule has 0 radical (unpaired) electrons. The molecule has 0 heterocycles. The molecule has 158 valence electrons. The molecule has 26 heavy (non-hydrogen) atoms. The SMILES string of the molecule is CC(C)C(=O)CS(C)(C)OS(=O)(=O)C(F)(F)C(F)(F)C(F)(F)C(F)(F)F. The minimum atomic E-state index is -7.37.